The average Bonchev–Trinajstić information content (AvgIpc) is 2.93. The van der Waals surface area contributed by atoms with Crippen molar-refractivity contribution in [1.29, 1.82) is 0 Å². The van der Waals surface area contributed by atoms with Crippen LogP contribution in [0.3, 0.4) is 0 Å². The summed E-state index contributed by atoms with van der Waals surface area (Å²) in [5.74, 6) is 0. The van der Waals surface area contributed by atoms with Crippen LogP contribution in [0.4, 0.5) is 16.2 Å². The van der Waals surface area contributed by atoms with E-state index < -0.39 is 0 Å². The molecule has 0 bridgehead atoms. The Morgan fingerprint density at radius 1 is 1.37 bits per heavy atom. The molecule has 2 N–H and O–H groups in total. The van der Waals surface area contributed by atoms with E-state index in [1.165, 1.54) is 5.56 Å². The summed E-state index contributed by atoms with van der Waals surface area (Å²) in [6.45, 7) is 3.94. The largest absolute Gasteiger partial charge is 0.381 e. The van der Waals surface area contributed by atoms with E-state index in [2.05, 4.69) is 23.6 Å². The quantitative estimate of drug-likeness (QED) is 0.814. The third kappa shape index (κ3) is 2.53. The highest BCUT2D eigenvalue weighted by Crippen LogP contribution is 2.32. The van der Waals surface area contributed by atoms with E-state index >= 15 is 0 Å². The van der Waals surface area contributed by atoms with Gasteiger partial charge in [0.15, 0.2) is 0 Å². The second-order valence-electron chi connectivity index (χ2n) is 5.55. The summed E-state index contributed by atoms with van der Waals surface area (Å²) in [6.07, 6.45) is 4.47. The smallest absolute Gasteiger partial charge is 0.321 e. The van der Waals surface area contributed by atoms with Crippen LogP contribution in [0.25, 0.3) is 0 Å². The summed E-state index contributed by atoms with van der Waals surface area (Å²) in [6, 6.07) is 6.65. The van der Waals surface area contributed by atoms with Gasteiger partial charge in [0.05, 0.1) is 11.4 Å². The highest BCUT2D eigenvalue weighted by Gasteiger charge is 2.21. The molecule has 2 aliphatic heterocycles. The Morgan fingerprint density at radius 3 is 2.95 bits per heavy atom. The molecule has 2 aliphatic rings. The van der Waals surface area contributed by atoms with Gasteiger partial charge in [-0.15, -0.1) is 0 Å². The van der Waals surface area contributed by atoms with Gasteiger partial charge in [-0.3, -0.25) is 0 Å². The number of fused-ring (bicyclic) bond motifs is 1. The maximum atomic E-state index is 12.2. The summed E-state index contributed by atoms with van der Waals surface area (Å²) in [4.78, 5) is 14.1. The number of benzene rings is 1. The summed E-state index contributed by atoms with van der Waals surface area (Å²) >= 11 is 0. The lowest BCUT2D eigenvalue weighted by Crippen LogP contribution is -2.33. The molecule has 0 aromatic heterocycles. The number of amides is 2. The molecule has 102 valence electrons. The van der Waals surface area contributed by atoms with Crippen LogP contribution < -0.4 is 10.6 Å². The molecule has 1 saturated heterocycles. The van der Waals surface area contributed by atoms with Gasteiger partial charge in [-0.25, -0.2) is 4.79 Å². The van der Waals surface area contributed by atoms with Gasteiger partial charge in [0.25, 0.3) is 0 Å². The molecule has 1 aromatic rings. The van der Waals surface area contributed by atoms with Gasteiger partial charge in [0, 0.05) is 19.1 Å². The number of hydrogen-bond acceptors (Lipinski definition) is 2. The number of para-hydroxylation sites is 1. The van der Waals surface area contributed by atoms with E-state index in [0.29, 0.717) is 6.04 Å². The van der Waals surface area contributed by atoms with E-state index in [4.69, 9.17) is 0 Å². The number of carbonyl (C=O) groups is 1. The van der Waals surface area contributed by atoms with Crippen molar-refractivity contribution < 1.29 is 4.79 Å². The van der Waals surface area contributed by atoms with E-state index in [0.717, 1.165) is 50.1 Å². The Morgan fingerprint density at radius 2 is 2.16 bits per heavy atom. The van der Waals surface area contributed by atoms with Gasteiger partial charge in [0.2, 0.25) is 0 Å². The molecule has 1 fully saturated rings. The van der Waals surface area contributed by atoms with Gasteiger partial charge in [0.1, 0.15) is 0 Å². The molecule has 0 spiro atoms. The fourth-order valence-electron chi connectivity index (χ4n) is 2.89. The number of nitrogens with zero attached hydrogens (tertiary/aromatic N) is 1. The molecule has 0 radical (unpaired) electrons. The topological polar surface area (TPSA) is 44.4 Å². The van der Waals surface area contributed by atoms with Crippen LogP contribution >= 0.6 is 0 Å². The van der Waals surface area contributed by atoms with Crippen LogP contribution in [0.2, 0.25) is 0 Å². The zero-order valence-corrected chi connectivity index (χ0v) is 11.4. The molecule has 19 heavy (non-hydrogen) atoms. The monoisotopic (exact) mass is 259 g/mol. The number of nitrogens with one attached hydrogen (secondary N) is 2. The number of likely N-dealkylation sites (tertiary alicyclic amines) is 1. The van der Waals surface area contributed by atoms with Crippen LogP contribution in [-0.4, -0.2) is 30.1 Å². The average molecular weight is 259 g/mol. The first-order chi connectivity index (χ1) is 9.24. The van der Waals surface area contributed by atoms with Gasteiger partial charge < -0.3 is 15.5 Å². The lowest BCUT2D eigenvalue weighted by molar-refractivity contribution is 0.222. The van der Waals surface area contributed by atoms with Crippen molar-refractivity contribution >= 4 is 17.4 Å². The van der Waals surface area contributed by atoms with E-state index in [1.807, 2.05) is 17.0 Å². The second kappa shape index (κ2) is 5.11. The van der Waals surface area contributed by atoms with Gasteiger partial charge in [-0.05, 0) is 44.2 Å². The maximum absolute atomic E-state index is 12.2. The van der Waals surface area contributed by atoms with Crippen molar-refractivity contribution in [2.24, 2.45) is 0 Å². The Balaban J connectivity index is 1.79. The number of carbonyl (C=O) groups excluding carboxylic acids is 1. The molecule has 2 amide bonds. The number of aryl methyl sites for hydroxylation is 1. The number of urea groups is 1. The summed E-state index contributed by atoms with van der Waals surface area (Å²) in [5, 5.41) is 6.55. The molecule has 1 atom stereocenters. The van der Waals surface area contributed by atoms with Crippen molar-refractivity contribution in [1.82, 2.24) is 4.90 Å². The van der Waals surface area contributed by atoms with Crippen molar-refractivity contribution in [3.63, 3.8) is 0 Å². The first-order valence-corrected chi connectivity index (χ1v) is 7.18. The maximum Gasteiger partial charge on any atom is 0.321 e. The van der Waals surface area contributed by atoms with Crippen molar-refractivity contribution in [3.8, 4) is 0 Å². The molecule has 3 rings (SSSR count). The first kappa shape index (κ1) is 12.3. The normalized spacial score (nSPS) is 21.7. The van der Waals surface area contributed by atoms with E-state index in [9.17, 15) is 4.79 Å². The molecule has 0 aliphatic carbocycles. The molecule has 2 heterocycles. The number of hydrogen-bond donors (Lipinski definition) is 2. The minimum atomic E-state index is 0.0333. The molecule has 4 heteroatoms. The zero-order chi connectivity index (χ0) is 13.2. The Hall–Kier alpha value is -1.71. The highest BCUT2D eigenvalue weighted by atomic mass is 16.2. The Labute approximate surface area is 114 Å². The zero-order valence-electron chi connectivity index (χ0n) is 11.4. The first-order valence-electron chi connectivity index (χ1n) is 7.18. The Kier molecular flexibility index (Phi) is 3.32. The SMILES string of the molecule is CC1CCc2cccc(NC(=O)N3CCCC3)c2N1. The fraction of sp³-hybridized carbons (Fsp3) is 0.533. The minimum Gasteiger partial charge on any atom is -0.381 e. The van der Waals surface area contributed by atoms with Crippen LogP contribution in [0.15, 0.2) is 18.2 Å². The van der Waals surface area contributed by atoms with Gasteiger partial charge >= 0.3 is 6.03 Å². The Bertz CT molecular complexity index is 480. The predicted molar refractivity (Wildman–Crippen MR) is 77.7 cm³/mol. The van der Waals surface area contributed by atoms with Crippen molar-refractivity contribution in [2.75, 3.05) is 23.7 Å². The summed E-state index contributed by atoms with van der Waals surface area (Å²) in [7, 11) is 0. The van der Waals surface area contributed by atoms with E-state index in [-0.39, 0.29) is 6.03 Å². The lowest BCUT2D eigenvalue weighted by Gasteiger charge is -2.27. The fourth-order valence-corrected chi connectivity index (χ4v) is 2.89. The molecule has 0 saturated carbocycles. The molecule has 4 nitrogen and oxygen atoms in total. The van der Waals surface area contributed by atoms with E-state index in [1.54, 1.807) is 0 Å². The third-order valence-electron chi connectivity index (χ3n) is 4.02. The van der Waals surface area contributed by atoms with Crippen LogP contribution in [0.5, 0.6) is 0 Å². The molecular weight excluding hydrogens is 238 g/mol. The molecule has 1 aromatic carbocycles. The van der Waals surface area contributed by atoms with Crippen molar-refractivity contribution in [3.05, 3.63) is 23.8 Å². The molecular formula is C15H21N3O. The summed E-state index contributed by atoms with van der Waals surface area (Å²) < 4.78 is 0. The predicted octanol–water partition coefficient (Wildman–Crippen LogP) is 3.06. The minimum absolute atomic E-state index is 0.0333. The summed E-state index contributed by atoms with van der Waals surface area (Å²) in [5.41, 5.74) is 3.33. The van der Waals surface area contributed by atoms with Gasteiger partial charge in [-0.1, -0.05) is 12.1 Å². The standard InChI is InChI=1S/C15H21N3O/c1-11-7-8-12-5-4-6-13(14(12)16-11)17-15(19)18-9-2-3-10-18/h4-6,11,16H,2-3,7-10H2,1H3,(H,17,19). The van der Waals surface area contributed by atoms with Crippen LogP contribution in [-0.2, 0) is 6.42 Å². The second-order valence-corrected chi connectivity index (χ2v) is 5.55. The van der Waals surface area contributed by atoms with Crippen LogP contribution in [0, 0.1) is 0 Å². The third-order valence-corrected chi connectivity index (χ3v) is 4.02. The lowest BCUT2D eigenvalue weighted by atomic mass is 9.98. The van der Waals surface area contributed by atoms with Crippen LogP contribution in [0.1, 0.15) is 31.7 Å². The highest BCUT2D eigenvalue weighted by molar-refractivity contribution is 5.94. The molecule has 1 unspecified atom stereocenters. The number of rotatable bonds is 1. The number of anilines is 2. The van der Waals surface area contributed by atoms with Gasteiger partial charge in [-0.2, -0.15) is 0 Å². The van der Waals surface area contributed by atoms with Crippen molar-refractivity contribution in [2.45, 2.75) is 38.6 Å².